The number of methoxy groups -OCH3 is 1. The molecule has 0 fully saturated rings. The molecule has 0 bridgehead atoms. The number of anilines is 1. The lowest BCUT2D eigenvalue weighted by Crippen LogP contribution is -1.84. The van der Waals surface area contributed by atoms with E-state index in [4.69, 9.17) is 10.5 Å². The van der Waals surface area contributed by atoms with Crippen LogP contribution in [0.4, 0.5) is 5.69 Å². The lowest BCUT2D eigenvalue weighted by Gasteiger charge is -1.97. The van der Waals surface area contributed by atoms with Crippen molar-refractivity contribution in [3.05, 3.63) is 31.2 Å². The number of hydrogen-bond donors (Lipinski definition) is 1. The Labute approximate surface area is 68.0 Å². The normalized spacial score (nSPS) is 7.82. The Balaban J connectivity index is 0.000000461. The van der Waals surface area contributed by atoms with Gasteiger partial charge in [0, 0.05) is 5.69 Å². The predicted molar refractivity (Wildman–Crippen MR) is 48.4 cm³/mol. The maximum atomic E-state index is 5.43. The Kier molecular flexibility index (Phi) is 4.82. The first kappa shape index (κ1) is 9.69. The van der Waals surface area contributed by atoms with Crippen LogP contribution in [-0.2, 0) is 0 Å². The minimum absolute atomic E-state index is 0.760. The fraction of sp³-hybridized carbons (Fsp3) is 0.222. The van der Waals surface area contributed by atoms with Gasteiger partial charge in [0.1, 0.15) is 5.75 Å². The van der Waals surface area contributed by atoms with Crippen LogP contribution >= 0.6 is 0 Å². The maximum absolute atomic E-state index is 5.43. The molecule has 60 valence electrons. The van der Waals surface area contributed by atoms with E-state index in [-0.39, 0.29) is 0 Å². The predicted octanol–water partition coefficient (Wildman–Crippen LogP) is 2.12. The third-order valence-electron chi connectivity index (χ3n) is 1.12. The Morgan fingerprint density at radius 2 is 1.64 bits per heavy atom. The molecule has 0 amide bonds. The van der Waals surface area contributed by atoms with Crippen LogP contribution in [0.3, 0.4) is 0 Å². The van der Waals surface area contributed by atoms with E-state index in [2.05, 4.69) is 6.92 Å². The third-order valence-corrected chi connectivity index (χ3v) is 1.12. The summed E-state index contributed by atoms with van der Waals surface area (Å²) in [5, 5.41) is 0. The summed E-state index contributed by atoms with van der Waals surface area (Å²) in [4.78, 5) is 0. The molecule has 2 N–H and O–H groups in total. The molecule has 2 nitrogen and oxygen atoms in total. The molecule has 0 heterocycles. The molecule has 0 spiro atoms. The zero-order chi connectivity index (χ0) is 8.69. The highest BCUT2D eigenvalue weighted by atomic mass is 16.5. The van der Waals surface area contributed by atoms with Crippen LogP contribution in [0.25, 0.3) is 0 Å². The van der Waals surface area contributed by atoms with E-state index in [0.29, 0.717) is 0 Å². The molecule has 11 heavy (non-hydrogen) atoms. The minimum Gasteiger partial charge on any atom is -0.497 e. The van der Waals surface area contributed by atoms with Crippen LogP contribution in [0.1, 0.15) is 6.92 Å². The first-order valence-electron chi connectivity index (χ1n) is 3.43. The molecule has 2 heteroatoms. The molecule has 0 unspecified atom stereocenters. The largest absolute Gasteiger partial charge is 0.497 e. The van der Waals surface area contributed by atoms with Crippen LogP contribution in [0.15, 0.2) is 24.3 Å². The summed E-state index contributed by atoms with van der Waals surface area (Å²) in [5.41, 5.74) is 6.19. The van der Waals surface area contributed by atoms with Crippen LogP contribution in [0.2, 0.25) is 0 Å². The lowest BCUT2D eigenvalue weighted by atomic mass is 10.3. The van der Waals surface area contributed by atoms with Crippen molar-refractivity contribution in [3.63, 3.8) is 0 Å². The first-order valence-corrected chi connectivity index (χ1v) is 3.43. The Bertz CT molecular complexity index is 181. The van der Waals surface area contributed by atoms with Gasteiger partial charge in [0.25, 0.3) is 0 Å². The van der Waals surface area contributed by atoms with Crippen molar-refractivity contribution >= 4 is 5.69 Å². The van der Waals surface area contributed by atoms with Gasteiger partial charge in [-0.1, -0.05) is 0 Å². The number of ether oxygens (including phenoxy) is 1. The van der Waals surface area contributed by atoms with Gasteiger partial charge in [0.2, 0.25) is 0 Å². The highest BCUT2D eigenvalue weighted by Gasteiger charge is 1.85. The molecular weight excluding hydrogens is 138 g/mol. The molecule has 0 aliphatic heterocycles. The standard InChI is InChI=1S/C7H9NO.C2H5/c1-9-7-4-2-6(8)3-5-7;1-2/h2-5H,8H2,1H3;1H2,2H3/q;+1. The van der Waals surface area contributed by atoms with Crippen molar-refractivity contribution < 1.29 is 4.74 Å². The highest BCUT2D eigenvalue weighted by Crippen LogP contribution is 2.11. The summed E-state index contributed by atoms with van der Waals surface area (Å²) < 4.78 is 4.91. The van der Waals surface area contributed by atoms with E-state index >= 15 is 0 Å². The van der Waals surface area contributed by atoms with E-state index in [9.17, 15) is 0 Å². The minimum atomic E-state index is 0.760. The summed E-state index contributed by atoms with van der Waals surface area (Å²) in [6.45, 7) is 5.00. The number of nitrogens with two attached hydrogens (primary N) is 1. The van der Waals surface area contributed by atoms with Gasteiger partial charge in [0.15, 0.2) is 0 Å². The molecule has 0 saturated heterocycles. The van der Waals surface area contributed by atoms with Crippen molar-refractivity contribution in [2.24, 2.45) is 0 Å². The van der Waals surface area contributed by atoms with Gasteiger partial charge in [-0.2, -0.15) is 0 Å². The van der Waals surface area contributed by atoms with E-state index in [1.807, 2.05) is 12.1 Å². The second-order valence-electron chi connectivity index (χ2n) is 1.77. The van der Waals surface area contributed by atoms with E-state index < -0.39 is 0 Å². The van der Waals surface area contributed by atoms with Crippen LogP contribution in [0.5, 0.6) is 5.75 Å². The molecule has 0 atom stereocenters. The smallest absolute Gasteiger partial charge is 0.119 e. The van der Waals surface area contributed by atoms with Crippen molar-refractivity contribution in [2.45, 2.75) is 6.92 Å². The quantitative estimate of drug-likeness (QED) is 0.494. The maximum Gasteiger partial charge on any atom is 0.119 e. The Morgan fingerprint density at radius 3 is 2.00 bits per heavy atom. The van der Waals surface area contributed by atoms with E-state index in [1.165, 1.54) is 0 Å². The van der Waals surface area contributed by atoms with Crippen LogP contribution in [0, 0.1) is 6.92 Å². The molecule has 1 aromatic carbocycles. The number of rotatable bonds is 1. The number of benzene rings is 1. The topological polar surface area (TPSA) is 35.2 Å². The average molecular weight is 152 g/mol. The van der Waals surface area contributed by atoms with Gasteiger partial charge >= 0.3 is 0 Å². The van der Waals surface area contributed by atoms with Crippen molar-refractivity contribution in [1.29, 1.82) is 0 Å². The van der Waals surface area contributed by atoms with Gasteiger partial charge in [-0.05, 0) is 24.3 Å². The average Bonchev–Trinajstić information content (AvgIpc) is 2.10. The summed E-state index contributed by atoms with van der Waals surface area (Å²) in [5.74, 6) is 0.837. The number of hydrogen-bond acceptors (Lipinski definition) is 2. The molecule has 0 saturated carbocycles. The van der Waals surface area contributed by atoms with E-state index in [1.54, 1.807) is 26.2 Å². The van der Waals surface area contributed by atoms with Gasteiger partial charge in [-0.15, -0.1) is 0 Å². The summed E-state index contributed by atoms with van der Waals surface area (Å²) in [6, 6.07) is 7.27. The monoisotopic (exact) mass is 152 g/mol. The summed E-state index contributed by atoms with van der Waals surface area (Å²) in [7, 11) is 1.63. The zero-order valence-electron chi connectivity index (χ0n) is 7.00. The molecule has 1 rings (SSSR count). The zero-order valence-corrected chi connectivity index (χ0v) is 7.00. The van der Waals surface area contributed by atoms with Gasteiger partial charge < -0.3 is 10.5 Å². The third kappa shape index (κ3) is 3.40. The fourth-order valence-corrected chi connectivity index (χ4v) is 0.604. The molecule has 0 aliphatic rings. The highest BCUT2D eigenvalue weighted by molar-refractivity contribution is 5.41. The summed E-state index contributed by atoms with van der Waals surface area (Å²) >= 11 is 0. The van der Waals surface area contributed by atoms with Gasteiger partial charge in [0.05, 0.1) is 21.0 Å². The Morgan fingerprint density at radius 1 is 1.18 bits per heavy atom. The second-order valence-corrected chi connectivity index (χ2v) is 1.77. The van der Waals surface area contributed by atoms with Crippen LogP contribution in [-0.4, -0.2) is 7.11 Å². The van der Waals surface area contributed by atoms with E-state index in [0.717, 1.165) is 11.4 Å². The molecule has 0 radical (unpaired) electrons. The SMILES string of the molecule is COc1ccc(N)cc1.[CH2+]C. The van der Waals surface area contributed by atoms with Crippen molar-refractivity contribution in [1.82, 2.24) is 0 Å². The molecule has 1 aromatic rings. The fourth-order valence-electron chi connectivity index (χ4n) is 0.604. The second kappa shape index (κ2) is 5.47. The van der Waals surface area contributed by atoms with Crippen LogP contribution < -0.4 is 10.5 Å². The Hall–Kier alpha value is -1.31. The molecule has 0 aliphatic carbocycles. The summed E-state index contributed by atoms with van der Waals surface area (Å²) in [6.07, 6.45) is 0. The van der Waals surface area contributed by atoms with Gasteiger partial charge in [-0.25, -0.2) is 0 Å². The van der Waals surface area contributed by atoms with Crippen molar-refractivity contribution in [2.75, 3.05) is 12.8 Å². The molecule has 0 aromatic heterocycles. The van der Waals surface area contributed by atoms with Gasteiger partial charge in [-0.3, -0.25) is 0 Å². The number of nitrogen functional groups attached to an aromatic ring is 1. The molecular formula is C9H14NO+. The lowest BCUT2D eigenvalue weighted by molar-refractivity contribution is 0.415. The first-order chi connectivity index (χ1) is 5.33. The van der Waals surface area contributed by atoms with Crippen molar-refractivity contribution in [3.8, 4) is 5.75 Å².